The Balaban J connectivity index is 1.74. The van der Waals surface area contributed by atoms with Crippen LogP contribution >= 0.6 is 0 Å². The number of hydrogen-bond acceptors (Lipinski definition) is 5. The summed E-state index contributed by atoms with van der Waals surface area (Å²) >= 11 is 0. The molecule has 0 N–H and O–H groups in total. The lowest BCUT2D eigenvalue weighted by molar-refractivity contribution is 0.0692. The van der Waals surface area contributed by atoms with E-state index >= 15 is 0 Å². The maximum atomic E-state index is 13.9. The Bertz CT molecular complexity index is 1020. The van der Waals surface area contributed by atoms with Crippen molar-refractivity contribution >= 4 is 15.9 Å². The lowest BCUT2D eigenvalue weighted by Crippen LogP contribution is -2.50. The molecule has 0 saturated carbocycles. The van der Waals surface area contributed by atoms with Crippen molar-refractivity contribution in [3.05, 3.63) is 53.6 Å². The Labute approximate surface area is 167 Å². The van der Waals surface area contributed by atoms with E-state index in [1.165, 1.54) is 53.8 Å². The Morgan fingerprint density at radius 1 is 0.966 bits per heavy atom. The highest BCUT2D eigenvalue weighted by Gasteiger charge is 2.32. The van der Waals surface area contributed by atoms with Crippen LogP contribution in [0.4, 0.5) is 8.78 Å². The maximum absolute atomic E-state index is 13.9. The summed E-state index contributed by atoms with van der Waals surface area (Å²) in [6.07, 6.45) is 0. The Kier molecular flexibility index (Phi) is 6.04. The Morgan fingerprint density at radius 2 is 1.62 bits per heavy atom. The van der Waals surface area contributed by atoms with Crippen molar-refractivity contribution in [1.82, 2.24) is 9.21 Å². The summed E-state index contributed by atoms with van der Waals surface area (Å²) in [5.74, 6) is -2.31. The molecule has 1 fully saturated rings. The van der Waals surface area contributed by atoms with Gasteiger partial charge in [0.2, 0.25) is 10.0 Å². The molecule has 0 aromatic heterocycles. The first-order chi connectivity index (χ1) is 13.8. The first-order valence-corrected chi connectivity index (χ1v) is 10.2. The zero-order chi connectivity index (χ0) is 21.2. The maximum Gasteiger partial charge on any atom is 0.257 e. The predicted octanol–water partition coefficient (Wildman–Crippen LogP) is 2.13. The lowest BCUT2D eigenvalue weighted by Gasteiger charge is -2.34. The monoisotopic (exact) mass is 426 g/mol. The summed E-state index contributed by atoms with van der Waals surface area (Å²) in [5, 5.41) is 0. The molecule has 1 amide bonds. The van der Waals surface area contributed by atoms with Gasteiger partial charge in [0.1, 0.15) is 0 Å². The highest BCUT2D eigenvalue weighted by molar-refractivity contribution is 7.89. The molecular formula is C19H20F2N2O5S. The quantitative estimate of drug-likeness (QED) is 0.732. The molecule has 1 saturated heterocycles. The van der Waals surface area contributed by atoms with Crippen LogP contribution in [0.2, 0.25) is 0 Å². The molecule has 10 heteroatoms. The fraction of sp³-hybridized carbons (Fsp3) is 0.316. The van der Waals surface area contributed by atoms with Gasteiger partial charge in [-0.1, -0.05) is 6.07 Å². The average molecular weight is 426 g/mol. The average Bonchev–Trinajstić information content (AvgIpc) is 2.74. The van der Waals surface area contributed by atoms with Crippen molar-refractivity contribution in [2.24, 2.45) is 0 Å². The van der Waals surface area contributed by atoms with E-state index in [1.54, 1.807) is 0 Å². The number of sulfonamides is 1. The minimum absolute atomic E-state index is 0.0271. The van der Waals surface area contributed by atoms with E-state index < -0.39 is 27.6 Å². The van der Waals surface area contributed by atoms with Crippen LogP contribution in [0.1, 0.15) is 10.4 Å². The van der Waals surface area contributed by atoms with Crippen molar-refractivity contribution < 1.29 is 31.5 Å². The number of nitrogens with zero attached hydrogens (tertiary/aromatic N) is 2. The lowest BCUT2D eigenvalue weighted by atomic mass is 10.1. The highest BCUT2D eigenvalue weighted by atomic mass is 32.2. The highest BCUT2D eigenvalue weighted by Crippen LogP contribution is 2.31. The topological polar surface area (TPSA) is 76.2 Å². The molecule has 0 atom stereocenters. The number of amides is 1. The van der Waals surface area contributed by atoms with Crippen molar-refractivity contribution in [1.29, 1.82) is 0 Å². The number of carbonyl (C=O) groups is 1. The number of benzene rings is 2. The van der Waals surface area contributed by atoms with Crippen LogP contribution in [0.15, 0.2) is 41.3 Å². The van der Waals surface area contributed by atoms with E-state index in [2.05, 4.69) is 0 Å². The van der Waals surface area contributed by atoms with Gasteiger partial charge in [0.15, 0.2) is 23.1 Å². The predicted molar refractivity (Wildman–Crippen MR) is 101 cm³/mol. The first kappa shape index (κ1) is 21.0. The van der Waals surface area contributed by atoms with Crippen molar-refractivity contribution in [3.8, 4) is 11.5 Å². The molecule has 7 nitrogen and oxygen atoms in total. The van der Waals surface area contributed by atoms with E-state index in [0.29, 0.717) is 5.75 Å². The number of methoxy groups -OCH3 is 2. The minimum Gasteiger partial charge on any atom is -0.493 e. The van der Waals surface area contributed by atoms with Gasteiger partial charge < -0.3 is 14.4 Å². The summed E-state index contributed by atoms with van der Waals surface area (Å²) in [6, 6.07) is 7.67. The third kappa shape index (κ3) is 4.03. The standard InChI is InChI=1S/C19H20F2N2O5S/c1-27-16-7-6-13(12-17(16)28-2)29(25,26)23-10-8-22(9-11-23)19(24)14-4-3-5-15(20)18(14)21/h3-7,12H,8-11H2,1-2H3. The van der Waals surface area contributed by atoms with Gasteiger partial charge in [-0.25, -0.2) is 17.2 Å². The SMILES string of the molecule is COc1ccc(S(=O)(=O)N2CCN(C(=O)c3cccc(F)c3F)CC2)cc1OC. The molecule has 2 aromatic rings. The summed E-state index contributed by atoms with van der Waals surface area (Å²) in [6.45, 7) is 0.168. The second-order valence-electron chi connectivity index (χ2n) is 6.31. The zero-order valence-electron chi connectivity index (χ0n) is 15.9. The molecule has 156 valence electrons. The number of hydrogen-bond donors (Lipinski definition) is 0. The fourth-order valence-corrected chi connectivity index (χ4v) is 4.54. The van der Waals surface area contributed by atoms with Crippen LogP contribution in [0.25, 0.3) is 0 Å². The zero-order valence-corrected chi connectivity index (χ0v) is 16.7. The molecule has 3 rings (SSSR count). The molecule has 0 bridgehead atoms. The van der Waals surface area contributed by atoms with E-state index in [-0.39, 0.29) is 42.4 Å². The fourth-order valence-electron chi connectivity index (χ4n) is 3.10. The van der Waals surface area contributed by atoms with Crippen LogP contribution in [-0.4, -0.2) is 63.9 Å². The van der Waals surface area contributed by atoms with Gasteiger partial charge in [0.05, 0.1) is 24.7 Å². The summed E-state index contributed by atoms with van der Waals surface area (Å²) in [4.78, 5) is 13.8. The van der Waals surface area contributed by atoms with E-state index in [1.807, 2.05) is 0 Å². The van der Waals surface area contributed by atoms with Crippen molar-refractivity contribution in [2.75, 3.05) is 40.4 Å². The van der Waals surface area contributed by atoms with E-state index in [4.69, 9.17) is 9.47 Å². The van der Waals surface area contributed by atoms with Gasteiger partial charge in [-0.3, -0.25) is 4.79 Å². The molecular weight excluding hydrogens is 406 g/mol. The third-order valence-corrected chi connectivity index (χ3v) is 6.60. The van der Waals surface area contributed by atoms with Gasteiger partial charge >= 0.3 is 0 Å². The van der Waals surface area contributed by atoms with Crippen LogP contribution < -0.4 is 9.47 Å². The molecule has 2 aromatic carbocycles. The number of carbonyl (C=O) groups excluding carboxylic acids is 1. The van der Waals surface area contributed by atoms with Gasteiger partial charge in [-0.2, -0.15) is 4.31 Å². The molecule has 1 heterocycles. The van der Waals surface area contributed by atoms with Crippen molar-refractivity contribution in [2.45, 2.75) is 4.90 Å². The Morgan fingerprint density at radius 3 is 2.24 bits per heavy atom. The normalized spacial score (nSPS) is 15.2. The third-order valence-electron chi connectivity index (χ3n) is 4.70. The second kappa shape index (κ2) is 8.34. The molecule has 0 aliphatic carbocycles. The van der Waals surface area contributed by atoms with Gasteiger partial charge in [-0.15, -0.1) is 0 Å². The number of piperazine rings is 1. The van der Waals surface area contributed by atoms with Crippen molar-refractivity contribution in [3.63, 3.8) is 0 Å². The molecule has 0 radical (unpaired) electrons. The number of ether oxygens (including phenoxy) is 2. The van der Waals surface area contributed by atoms with Crippen LogP contribution in [-0.2, 0) is 10.0 Å². The van der Waals surface area contributed by atoms with Crippen LogP contribution in [0.5, 0.6) is 11.5 Å². The van der Waals surface area contributed by atoms with Gasteiger partial charge in [-0.05, 0) is 24.3 Å². The molecule has 0 spiro atoms. The summed E-state index contributed by atoms with van der Waals surface area (Å²) < 4.78 is 64.6. The molecule has 1 aliphatic rings. The second-order valence-corrected chi connectivity index (χ2v) is 8.25. The summed E-state index contributed by atoms with van der Waals surface area (Å²) in [7, 11) is -0.967. The van der Waals surface area contributed by atoms with E-state index in [9.17, 15) is 22.0 Å². The first-order valence-electron chi connectivity index (χ1n) is 8.75. The van der Waals surface area contributed by atoms with Crippen LogP contribution in [0, 0.1) is 11.6 Å². The Hall–Kier alpha value is -2.72. The van der Waals surface area contributed by atoms with Gasteiger partial charge in [0, 0.05) is 32.2 Å². The number of halogens is 2. The minimum atomic E-state index is -3.82. The molecule has 1 aliphatic heterocycles. The molecule has 0 unspecified atom stereocenters. The van der Waals surface area contributed by atoms with Gasteiger partial charge in [0.25, 0.3) is 5.91 Å². The molecule has 29 heavy (non-hydrogen) atoms. The summed E-state index contributed by atoms with van der Waals surface area (Å²) in [5.41, 5.74) is -0.374. The van der Waals surface area contributed by atoms with E-state index in [0.717, 1.165) is 6.07 Å². The number of rotatable bonds is 5. The smallest absolute Gasteiger partial charge is 0.257 e. The largest absolute Gasteiger partial charge is 0.493 e. The van der Waals surface area contributed by atoms with Crippen LogP contribution in [0.3, 0.4) is 0 Å².